The molecule has 0 bridgehead atoms. The lowest BCUT2D eigenvalue weighted by atomic mass is 10.1. The topological polar surface area (TPSA) is 46.5 Å². The number of ether oxygens (including phenoxy) is 1. The van der Waals surface area contributed by atoms with Crippen molar-refractivity contribution in [1.29, 1.82) is 0 Å². The summed E-state index contributed by atoms with van der Waals surface area (Å²) in [4.78, 5) is 11.0. The molecule has 0 heterocycles. The summed E-state index contributed by atoms with van der Waals surface area (Å²) in [5, 5.41) is 9.03. The number of halogens is 1. The molecule has 0 aliphatic heterocycles. The van der Waals surface area contributed by atoms with Crippen LogP contribution < -0.4 is 4.74 Å². The van der Waals surface area contributed by atoms with Crippen LogP contribution in [0, 0.1) is 20.8 Å². The molecule has 104 valence electrons. The smallest absolute Gasteiger partial charge is 0.335 e. The SMILES string of the molecule is Cc1ccc(C(=O)O)cc1Oc1cc(C)c(Br)c(C)c1. The third-order valence-electron chi connectivity index (χ3n) is 3.07. The average molecular weight is 335 g/mol. The van der Waals surface area contributed by atoms with Gasteiger partial charge in [-0.2, -0.15) is 0 Å². The molecule has 1 N–H and O–H groups in total. The third kappa shape index (κ3) is 3.02. The Morgan fingerprint density at radius 3 is 2.20 bits per heavy atom. The molecule has 0 radical (unpaired) electrons. The van der Waals surface area contributed by atoms with Gasteiger partial charge in [-0.1, -0.05) is 22.0 Å². The first-order valence-corrected chi connectivity index (χ1v) is 6.96. The van der Waals surface area contributed by atoms with Gasteiger partial charge in [0.2, 0.25) is 0 Å². The first-order valence-electron chi connectivity index (χ1n) is 6.17. The fourth-order valence-corrected chi connectivity index (χ4v) is 2.16. The fourth-order valence-electron chi connectivity index (χ4n) is 1.94. The molecule has 4 heteroatoms. The molecule has 0 aliphatic rings. The van der Waals surface area contributed by atoms with Crippen molar-refractivity contribution in [1.82, 2.24) is 0 Å². The zero-order chi connectivity index (χ0) is 14.9. The van der Waals surface area contributed by atoms with Crippen LogP contribution in [0.1, 0.15) is 27.0 Å². The molecule has 0 unspecified atom stereocenters. The average Bonchev–Trinajstić information content (AvgIpc) is 2.38. The molecular formula is C16H15BrO3. The number of carbonyl (C=O) groups is 1. The molecule has 0 aliphatic carbocycles. The minimum Gasteiger partial charge on any atom is -0.478 e. The third-order valence-corrected chi connectivity index (χ3v) is 4.32. The molecule has 0 atom stereocenters. The minimum atomic E-state index is -0.960. The van der Waals surface area contributed by atoms with Gasteiger partial charge in [0.15, 0.2) is 0 Å². The van der Waals surface area contributed by atoms with Crippen molar-refractivity contribution >= 4 is 21.9 Å². The van der Waals surface area contributed by atoms with Gasteiger partial charge in [0.1, 0.15) is 11.5 Å². The highest BCUT2D eigenvalue weighted by Crippen LogP contribution is 2.31. The highest BCUT2D eigenvalue weighted by Gasteiger charge is 2.09. The molecule has 0 aromatic heterocycles. The van der Waals surface area contributed by atoms with E-state index in [0.29, 0.717) is 11.5 Å². The number of aryl methyl sites for hydroxylation is 3. The lowest BCUT2D eigenvalue weighted by Gasteiger charge is -2.12. The van der Waals surface area contributed by atoms with E-state index in [4.69, 9.17) is 9.84 Å². The Hall–Kier alpha value is -1.81. The van der Waals surface area contributed by atoms with Crippen molar-refractivity contribution in [3.63, 3.8) is 0 Å². The second-order valence-electron chi connectivity index (χ2n) is 4.76. The first-order chi connectivity index (χ1) is 9.38. The number of rotatable bonds is 3. The number of carboxylic acid groups (broad SMARTS) is 1. The van der Waals surface area contributed by atoms with Crippen LogP contribution in [0.3, 0.4) is 0 Å². The van der Waals surface area contributed by atoms with Crippen molar-refractivity contribution in [2.45, 2.75) is 20.8 Å². The van der Waals surface area contributed by atoms with Crippen LogP contribution in [-0.2, 0) is 0 Å². The zero-order valence-corrected chi connectivity index (χ0v) is 13.1. The molecular weight excluding hydrogens is 320 g/mol. The van der Waals surface area contributed by atoms with Gasteiger partial charge in [0.25, 0.3) is 0 Å². The largest absolute Gasteiger partial charge is 0.478 e. The summed E-state index contributed by atoms with van der Waals surface area (Å²) in [7, 11) is 0. The highest BCUT2D eigenvalue weighted by molar-refractivity contribution is 9.10. The maximum absolute atomic E-state index is 11.0. The number of aromatic carboxylic acids is 1. The molecule has 3 nitrogen and oxygen atoms in total. The summed E-state index contributed by atoms with van der Waals surface area (Å²) >= 11 is 3.51. The van der Waals surface area contributed by atoms with Gasteiger partial charge in [-0.05, 0) is 61.7 Å². The summed E-state index contributed by atoms with van der Waals surface area (Å²) in [5.74, 6) is 0.304. The summed E-state index contributed by atoms with van der Waals surface area (Å²) in [6.45, 7) is 5.87. The predicted octanol–water partition coefficient (Wildman–Crippen LogP) is 4.86. The molecule has 2 aromatic carbocycles. The Morgan fingerprint density at radius 2 is 1.65 bits per heavy atom. The molecule has 20 heavy (non-hydrogen) atoms. The predicted molar refractivity (Wildman–Crippen MR) is 81.8 cm³/mol. The van der Waals surface area contributed by atoms with E-state index >= 15 is 0 Å². The van der Waals surface area contributed by atoms with Crippen LogP contribution in [-0.4, -0.2) is 11.1 Å². The van der Waals surface area contributed by atoms with Crippen molar-refractivity contribution in [2.24, 2.45) is 0 Å². The Bertz CT molecular complexity index is 654. The Labute approximate surface area is 126 Å². The van der Waals surface area contributed by atoms with Crippen molar-refractivity contribution in [3.8, 4) is 11.5 Å². The number of carboxylic acids is 1. The van der Waals surface area contributed by atoms with E-state index in [1.165, 1.54) is 0 Å². The normalized spacial score (nSPS) is 10.4. The number of hydrogen-bond donors (Lipinski definition) is 1. The standard InChI is InChI=1S/C16H15BrO3/c1-9-4-5-12(16(18)19)8-14(9)20-13-6-10(2)15(17)11(3)7-13/h4-8H,1-3H3,(H,18,19). The van der Waals surface area contributed by atoms with Gasteiger partial charge in [-0.15, -0.1) is 0 Å². The zero-order valence-electron chi connectivity index (χ0n) is 11.5. The van der Waals surface area contributed by atoms with Crippen LogP contribution in [0.5, 0.6) is 11.5 Å². The van der Waals surface area contributed by atoms with Gasteiger partial charge < -0.3 is 9.84 Å². The monoisotopic (exact) mass is 334 g/mol. The molecule has 0 saturated carbocycles. The molecule has 0 spiro atoms. The van der Waals surface area contributed by atoms with E-state index < -0.39 is 5.97 Å². The van der Waals surface area contributed by atoms with E-state index in [-0.39, 0.29) is 5.56 Å². The number of benzene rings is 2. The first kappa shape index (κ1) is 14.6. The van der Waals surface area contributed by atoms with Gasteiger partial charge >= 0.3 is 5.97 Å². The lowest BCUT2D eigenvalue weighted by Crippen LogP contribution is -1.98. The van der Waals surface area contributed by atoms with E-state index in [2.05, 4.69) is 15.9 Å². The van der Waals surface area contributed by atoms with Gasteiger partial charge in [0.05, 0.1) is 5.56 Å². The van der Waals surface area contributed by atoms with Crippen molar-refractivity contribution in [3.05, 3.63) is 57.1 Å². The van der Waals surface area contributed by atoms with Crippen LogP contribution >= 0.6 is 15.9 Å². The molecule has 2 rings (SSSR count). The summed E-state index contributed by atoms with van der Waals surface area (Å²) in [5.41, 5.74) is 3.27. The second-order valence-corrected chi connectivity index (χ2v) is 5.55. The lowest BCUT2D eigenvalue weighted by molar-refractivity contribution is 0.0696. The van der Waals surface area contributed by atoms with Gasteiger partial charge in [-0.25, -0.2) is 4.79 Å². The minimum absolute atomic E-state index is 0.219. The maximum Gasteiger partial charge on any atom is 0.335 e. The van der Waals surface area contributed by atoms with Gasteiger partial charge in [0, 0.05) is 4.47 Å². The Balaban J connectivity index is 2.39. The summed E-state index contributed by atoms with van der Waals surface area (Å²) < 4.78 is 6.89. The molecule has 2 aromatic rings. The fraction of sp³-hybridized carbons (Fsp3) is 0.188. The van der Waals surface area contributed by atoms with Crippen LogP contribution in [0.25, 0.3) is 0 Å². The number of hydrogen-bond acceptors (Lipinski definition) is 2. The van der Waals surface area contributed by atoms with E-state index in [1.54, 1.807) is 18.2 Å². The van der Waals surface area contributed by atoms with Gasteiger partial charge in [-0.3, -0.25) is 0 Å². The second kappa shape index (κ2) is 5.67. The van der Waals surface area contributed by atoms with Crippen LogP contribution in [0.4, 0.5) is 0 Å². The maximum atomic E-state index is 11.0. The van der Waals surface area contributed by atoms with E-state index in [0.717, 1.165) is 21.2 Å². The molecule has 0 saturated heterocycles. The van der Waals surface area contributed by atoms with Crippen LogP contribution in [0.2, 0.25) is 0 Å². The summed E-state index contributed by atoms with van der Waals surface area (Å²) in [6, 6.07) is 8.71. The highest BCUT2D eigenvalue weighted by atomic mass is 79.9. The van der Waals surface area contributed by atoms with Crippen LogP contribution in [0.15, 0.2) is 34.8 Å². The Kier molecular flexibility index (Phi) is 4.14. The van der Waals surface area contributed by atoms with E-state index in [1.807, 2.05) is 32.9 Å². The van der Waals surface area contributed by atoms with E-state index in [9.17, 15) is 4.79 Å². The Morgan fingerprint density at radius 1 is 1.05 bits per heavy atom. The molecule has 0 amide bonds. The summed E-state index contributed by atoms with van der Waals surface area (Å²) in [6.07, 6.45) is 0. The van der Waals surface area contributed by atoms with Crippen molar-refractivity contribution < 1.29 is 14.6 Å². The quantitative estimate of drug-likeness (QED) is 0.871. The van der Waals surface area contributed by atoms with Crippen molar-refractivity contribution in [2.75, 3.05) is 0 Å². The molecule has 0 fully saturated rings.